The second kappa shape index (κ2) is 9.19. The molecule has 1 aliphatic rings. The first kappa shape index (κ1) is 21.7. The zero-order chi connectivity index (χ0) is 21.0. The summed E-state index contributed by atoms with van der Waals surface area (Å²) in [5, 5.41) is 11.6. The Balaban J connectivity index is 1.86. The lowest BCUT2D eigenvalue weighted by atomic mass is 10.1. The Labute approximate surface area is 174 Å². The predicted molar refractivity (Wildman–Crippen MR) is 110 cm³/mol. The maximum atomic E-state index is 12.9. The van der Waals surface area contributed by atoms with E-state index in [1.807, 2.05) is 18.2 Å². The molecule has 1 heterocycles. The molecule has 1 N–H and O–H groups in total. The molecule has 1 aliphatic heterocycles. The van der Waals surface area contributed by atoms with Crippen molar-refractivity contribution >= 4 is 27.3 Å². The fraction of sp³-hybridized carbons (Fsp3) is 0.368. The van der Waals surface area contributed by atoms with Crippen LogP contribution in [-0.2, 0) is 14.8 Å². The van der Waals surface area contributed by atoms with Crippen molar-refractivity contribution in [3.63, 3.8) is 0 Å². The number of morpholine rings is 1. The standard InChI is InChI=1S/C19H22ClN3O5S/c1-14-5-6-17(23(24)25)12-19(14)29(26,27)21-13-18(22-7-9-28-10-8-22)15-3-2-4-16(20)11-15/h2-6,11-12,18,21H,7-10,13H2,1H3. The number of aryl methyl sites for hydroxylation is 1. The average Bonchev–Trinajstić information content (AvgIpc) is 2.69. The van der Waals surface area contributed by atoms with E-state index in [-0.39, 0.29) is 23.2 Å². The molecule has 1 atom stereocenters. The molecule has 1 fully saturated rings. The van der Waals surface area contributed by atoms with Gasteiger partial charge in [0.15, 0.2) is 0 Å². The van der Waals surface area contributed by atoms with Gasteiger partial charge in [-0.3, -0.25) is 15.0 Å². The van der Waals surface area contributed by atoms with E-state index in [1.165, 1.54) is 12.1 Å². The maximum absolute atomic E-state index is 12.9. The maximum Gasteiger partial charge on any atom is 0.270 e. The van der Waals surface area contributed by atoms with E-state index in [9.17, 15) is 18.5 Å². The van der Waals surface area contributed by atoms with Crippen LogP contribution in [0.3, 0.4) is 0 Å². The third kappa shape index (κ3) is 5.31. The summed E-state index contributed by atoms with van der Waals surface area (Å²) in [7, 11) is -3.94. The molecule has 8 nitrogen and oxygen atoms in total. The summed E-state index contributed by atoms with van der Waals surface area (Å²) in [5.74, 6) is 0. The summed E-state index contributed by atoms with van der Waals surface area (Å²) in [4.78, 5) is 12.5. The Morgan fingerprint density at radius 3 is 2.62 bits per heavy atom. The van der Waals surface area contributed by atoms with Crippen LogP contribution in [0.1, 0.15) is 17.2 Å². The number of halogens is 1. The van der Waals surface area contributed by atoms with Crippen molar-refractivity contribution in [2.45, 2.75) is 17.9 Å². The van der Waals surface area contributed by atoms with Gasteiger partial charge in [-0.05, 0) is 30.2 Å². The molecule has 29 heavy (non-hydrogen) atoms. The van der Waals surface area contributed by atoms with Crippen LogP contribution in [-0.4, -0.2) is 51.1 Å². The van der Waals surface area contributed by atoms with Gasteiger partial charge in [0, 0.05) is 42.8 Å². The number of nitrogens with zero attached hydrogens (tertiary/aromatic N) is 2. The monoisotopic (exact) mass is 439 g/mol. The van der Waals surface area contributed by atoms with Crippen molar-refractivity contribution in [2.24, 2.45) is 0 Å². The third-order valence-corrected chi connectivity index (χ3v) is 6.66. The zero-order valence-electron chi connectivity index (χ0n) is 15.9. The molecule has 0 amide bonds. The van der Waals surface area contributed by atoms with E-state index < -0.39 is 14.9 Å². The van der Waals surface area contributed by atoms with Crippen LogP contribution in [0, 0.1) is 17.0 Å². The van der Waals surface area contributed by atoms with Gasteiger partial charge in [-0.25, -0.2) is 13.1 Å². The quantitative estimate of drug-likeness (QED) is 0.525. The Hall–Kier alpha value is -2.04. The number of non-ortho nitro benzene ring substituents is 1. The second-order valence-corrected chi connectivity index (χ2v) is 8.95. The number of nitrogens with one attached hydrogen (secondary N) is 1. The highest BCUT2D eigenvalue weighted by Gasteiger charge is 2.26. The third-order valence-electron chi connectivity index (χ3n) is 4.86. The minimum Gasteiger partial charge on any atom is -0.379 e. The lowest BCUT2D eigenvalue weighted by molar-refractivity contribution is -0.385. The fourth-order valence-corrected chi connectivity index (χ4v) is 4.82. The summed E-state index contributed by atoms with van der Waals surface area (Å²) in [6.45, 7) is 4.16. The largest absolute Gasteiger partial charge is 0.379 e. The molecule has 0 spiro atoms. The van der Waals surface area contributed by atoms with Gasteiger partial charge in [0.25, 0.3) is 5.69 Å². The molecule has 0 aliphatic carbocycles. The number of rotatable bonds is 7. The smallest absolute Gasteiger partial charge is 0.270 e. The summed E-state index contributed by atoms with van der Waals surface area (Å²) in [6, 6.07) is 10.9. The number of nitro groups is 1. The van der Waals surface area contributed by atoms with Crippen LogP contribution < -0.4 is 4.72 Å². The molecule has 1 unspecified atom stereocenters. The van der Waals surface area contributed by atoms with Crippen molar-refractivity contribution in [3.05, 3.63) is 68.7 Å². The van der Waals surface area contributed by atoms with Gasteiger partial charge in [-0.15, -0.1) is 0 Å². The Bertz CT molecular complexity index is 993. The highest BCUT2D eigenvalue weighted by Crippen LogP contribution is 2.26. The second-order valence-electron chi connectivity index (χ2n) is 6.78. The summed E-state index contributed by atoms with van der Waals surface area (Å²) in [5.41, 5.74) is 1.06. The van der Waals surface area contributed by atoms with Gasteiger partial charge >= 0.3 is 0 Å². The van der Waals surface area contributed by atoms with E-state index in [0.29, 0.717) is 36.9 Å². The van der Waals surface area contributed by atoms with Gasteiger partial charge in [-0.1, -0.05) is 29.8 Å². The normalized spacial score (nSPS) is 16.5. The van der Waals surface area contributed by atoms with Gasteiger partial charge in [0.1, 0.15) is 0 Å². The van der Waals surface area contributed by atoms with Crippen LogP contribution in [0.4, 0.5) is 5.69 Å². The molecular formula is C19H22ClN3O5S. The van der Waals surface area contributed by atoms with Crippen LogP contribution in [0.15, 0.2) is 47.4 Å². The topological polar surface area (TPSA) is 102 Å². The summed E-state index contributed by atoms with van der Waals surface area (Å²) in [6.07, 6.45) is 0. The number of hydrogen-bond donors (Lipinski definition) is 1. The lowest BCUT2D eigenvalue weighted by Crippen LogP contribution is -2.43. The number of benzene rings is 2. The first-order valence-electron chi connectivity index (χ1n) is 9.10. The average molecular weight is 440 g/mol. The summed E-state index contributed by atoms with van der Waals surface area (Å²) >= 11 is 6.14. The van der Waals surface area contributed by atoms with Crippen LogP contribution >= 0.6 is 11.6 Å². The summed E-state index contributed by atoms with van der Waals surface area (Å²) < 4.78 is 33.8. The molecule has 0 bridgehead atoms. The van der Waals surface area contributed by atoms with Crippen molar-refractivity contribution < 1.29 is 18.1 Å². The van der Waals surface area contributed by atoms with Crippen molar-refractivity contribution in [2.75, 3.05) is 32.8 Å². The zero-order valence-corrected chi connectivity index (χ0v) is 17.4. The number of sulfonamides is 1. The van der Waals surface area contributed by atoms with Gasteiger partial charge in [0.2, 0.25) is 10.0 Å². The number of nitro benzene ring substituents is 1. The van der Waals surface area contributed by atoms with Crippen molar-refractivity contribution in [3.8, 4) is 0 Å². The molecule has 156 valence electrons. The van der Waals surface area contributed by atoms with Crippen LogP contribution in [0.2, 0.25) is 5.02 Å². The highest BCUT2D eigenvalue weighted by molar-refractivity contribution is 7.89. The first-order chi connectivity index (χ1) is 13.8. The fourth-order valence-electron chi connectivity index (χ4n) is 3.32. The molecule has 2 aromatic carbocycles. The van der Waals surface area contributed by atoms with Gasteiger partial charge < -0.3 is 4.74 Å². The molecular weight excluding hydrogens is 418 g/mol. The van der Waals surface area contributed by atoms with E-state index >= 15 is 0 Å². The highest BCUT2D eigenvalue weighted by atomic mass is 35.5. The van der Waals surface area contributed by atoms with Gasteiger partial charge in [0.05, 0.1) is 23.0 Å². The van der Waals surface area contributed by atoms with E-state index in [1.54, 1.807) is 13.0 Å². The van der Waals surface area contributed by atoms with Gasteiger partial charge in [-0.2, -0.15) is 0 Å². The van der Waals surface area contributed by atoms with Crippen molar-refractivity contribution in [1.29, 1.82) is 0 Å². The minimum absolute atomic E-state index is 0.0986. The molecule has 3 rings (SSSR count). The number of hydrogen-bond acceptors (Lipinski definition) is 6. The molecule has 10 heteroatoms. The molecule has 2 aromatic rings. The van der Waals surface area contributed by atoms with Crippen LogP contribution in [0.25, 0.3) is 0 Å². The minimum atomic E-state index is -3.94. The predicted octanol–water partition coefficient (Wildman–Crippen LogP) is 2.91. The lowest BCUT2D eigenvalue weighted by Gasteiger charge is -2.35. The van der Waals surface area contributed by atoms with Crippen molar-refractivity contribution in [1.82, 2.24) is 9.62 Å². The van der Waals surface area contributed by atoms with Crippen LogP contribution in [0.5, 0.6) is 0 Å². The Morgan fingerprint density at radius 2 is 1.97 bits per heavy atom. The van der Waals surface area contributed by atoms with E-state index in [4.69, 9.17) is 16.3 Å². The molecule has 0 saturated carbocycles. The first-order valence-corrected chi connectivity index (χ1v) is 11.0. The SMILES string of the molecule is Cc1ccc([N+](=O)[O-])cc1S(=O)(=O)NCC(c1cccc(Cl)c1)N1CCOCC1. The molecule has 0 aromatic heterocycles. The van der Waals surface area contributed by atoms with E-state index in [2.05, 4.69) is 9.62 Å². The molecule has 0 radical (unpaired) electrons. The Kier molecular flexibility index (Phi) is 6.86. The Morgan fingerprint density at radius 1 is 1.24 bits per heavy atom. The number of ether oxygens (including phenoxy) is 1. The molecule has 1 saturated heterocycles. The van der Waals surface area contributed by atoms with E-state index in [0.717, 1.165) is 11.6 Å².